The van der Waals surface area contributed by atoms with E-state index in [1.165, 1.54) is 37.3 Å². The number of imidazole rings is 1. The van der Waals surface area contributed by atoms with Gasteiger partial charge in [0.1, 0.15) is 0 Å². The van der Waals surface area contributed by atoms with Crippen molar-refractivity contribution in [1.29, 1.82) is 0 Å². The lowest BCUT2D eigenvalue weighted by Gasteiger charge is -2.14. The molecule has 0 unspecified atom stereocenters. The maximum atomic E-state index is 12.2. The Morgan fingerprint density at radius 1 is 1.45 bits per heavy atom. The van der Waals surface area contributed by atoms with Gasteiger partial charge in [0.15, 0.2) is 0 Å². The number of aromatic carboxylic acids is 1. The first-order valence-corrected chi connectivity index (χ1v) is 6.88. The van der Waals surface area contributed by atoms with Crippen LogP contribution in [0, 0.1) is 0 Å². The number of rotatable bonds is 4. The molecule has 20 heavy (non-hydrogen) atoms. The number of hydrogen-bond donors (Lipinski definition) is 3. The van der Waals surface area contributed by atoms with Gasteiger partial charge in [-0.3, -0.25) is 0 Å². The van der Waals surface area contributed by atoms with Crippen LogP contribution in [0.3, 0.4) is 0 Å². The van der Waals surface area contributed by atoms with Crippen LogP contribution in [0.25, 0.3) is 11.0 Å². The Balaban J connectivity index is 2.72. The Kier molecular flexibility index (Phi) is 3.38. The Bertz CT molecular complexity index is 780. The van der Waals surface area contributed by atoms with E-state index in [4.69, 9.17) is 10.8 Å². The molecule has 0 aliphatic rings. The van der Waals surface area contributed by atoms with Crippen molar-refractivity contribution in [3.05, 3.63) is 23.8 Å². The van der Waals surface area contributed by atoms with Crippen LogP contribution in [-0.4, -0.2) is 47.6 Å². The lowest BCUT2D eigenvalue weighted by molar-refractivity contribution is 0.0697. The molecule has 2 rings (SSSR count). The van der Waals surface area contributed by atoms with Gasteiger partial charge in [0.25, 0.3) is 0 Å². The molecule has 9 nitrogen and oxygen atoms in total. The minimum absolute atomic E-state index is 0.0568. The largest absolute Gasteiger partial charge is 0.478 e. The highest BCUT2D eigenvalue weighted by molar-refractivity contribution is 7.88. The number of hydrazine groups is 1. The number of fused-ring (bicyclic) bond motifs is 1. The number of hydrogen-bond acceptors (Lipinski definition) is 6. The van der Waals surface area contributed by atoms with Crippen LogP contribution in [0.4, 0.5) is 5.95 Å². The Morgan fingerprint density at radius 3 is 2.65 bits per heavy atom. The normalized spacial score (nSPS) is 12.2. The van der Waals surface area contributed by atoms with Crippen LogP contribution in [0.2, 0.25) is 0 Å². The first-order chi connectivity index (χ1) is 9.22. The number of benzene rings is 1. The van der Waals surface area contributed by atoms with Crippen molar-refractivity contribution < 1.29 is 18.3 Å². The van der Waals surface area contributed by atoms with Crippen LogP contribution in [0.1, 0.15) is 10.4 Å². The number of nitrogens with two attached hydrogens (primary N) is 1. The first-order valence-electron chi connectivity index (χ1n) is 5.44. The van der Waals surface area contributed by atoms with Crippen LogP contribution in [-0.2, 0) is 10.2 Å². The van der Waals surface area contributed by atoms with Gasteiger partial charge in [-0.15, -0.1) is 4.83 Å². The zero-order valence-corrected chi connectivity index (χ0v) is 11.5. The summed E-state index contributed by atoms with van der Waals surface area (Å²) in [5, 5.41) is 10.2. The molecule has 10 heteroatoms. The fraction of sp³-hybridized carbons (Fsp3) is 0.200. The molecular formula is C10H13N5O4S. The maximum Gasteiger partial charge on any atom is 0.335 e. The molecule has 0 saturated carbocycles. The topological polar surface area (TPSA) is 131 Å². The van der Waals surface area contributed by atoms with Crippen molar-refractivity contribution in [2.24, 2.45) is 0 Å². The zero-order chi connectivity index (χ0) is 15.1. The van der Waals surface area contributed by atoms with Crippen molar-refractivity contribution in [3.8, 4) is 0 Å². The predicted molar refractivity (Wildman–Crippen MR) is 72.2 cm³/mol. The van der Waals surface area contributed by atoms with Gasteiger partial charge in [0.05, 0.1) is 16.6 Å². The third kappa shape index (κ3) is 2.43. The standard InChI is InChI=1S/C10H13N5O4S/c1-14(2)13-20(18,19)15-8-5-6(9(16)17)3-4-7(8)12-10(15)11/h3-5,13H,1-2H3,(H2,11,12)(H,16,17). The number of nitrogen functional groups attached to an aromatic ring is 1. The SMILES string of the molecule is CN(C)NS(=O)(=O)n1c(N)nc2ccc(C(=O)O)cc21. The molecule has 4 N–H and O–H groups in total. The summed E-state index contributed by atoms with van der Waals surface area (Å²) in [7, 11) is -1.01. The van der Waals surface area contributed by atoms with E-state index < -0.39 is 16.2 Å². The summed E-state index contributed by atoms with van der Waals surface area (Å²) in [6.45, 7) is 0. The average molecular weight is 299 g/mol. The average Bonchev–Trinajstić information content (AvgIpc) is 2.62. The molecule has 0 radical (unpaired) electrons. The summed E-state index contributed by atoms with van der Waals surface area (Å²) in [6.07, 6.45) is 0. The molecule has 0 amide bonds. The zero-order valence-electron chi connectivity index (χ0n) is 10.7. The van der Waals surface area contributed by atoms with Crippen molar-refractivity contribution in [3.63, 3.8) is 0 Å². The van der Waals surface area contributed by atoms with Crippen LogP contribution < -0.4 is 10.6 Å². The van der Waals surface area contributed by atoms with E-state index in [1.54, 1.807) is 0 Å². The number of carboxylic acids is 1. The van der Waals surface area contributed by atoms with Gasteiger partial charge in [-0.1, -0.05) is 0 Å². The second kappa shape index (κ2) is 4.74. The number of nitrogens with zero attached hydrogens (tertiary/aromatic N) is 3. The van der Waals surface area contributed by atoms with E-state index in [2.05, 4.69) is 9.82 Å². The second-order valence-corrected chi connectivity index (χ2v) is 5.73. The molecule has 2 aromatic rings. The Labute approximate surface area is 114 Å². The smallest absolute Gasteiger partial charge is 0.335 e. The van der Waals surface area contributed by atoms with E-state index >= 15 is 0 Å². The fourth-order valence-corrected chi connectivity index (χ4v) is 2.97. The Hall–Kier alpha value is -2.17. The molecule has 1 aromatic carbocycles. The predicted octanol–water partition coefficient (Wildman–Crippen LogP) is -0.524. The number of carboxylic acid groups (broad SMARTS) is 1. The summed E-state index contributed by atoms with van der Waals surface area (Å²) in [6, 6.07) is 3.93. The first kappa shape index (κ1) is 14.2. The van der Waals surface area contributed by atoms with Gasteiger partial charge in [0, 0.05) is 14.1 Å². The highest BCUT2D eigenvalue weighted by atomic mass is 32.2. The highest BCUT2D eigenvalue weighted by Crippen LogP contribution is 2.21. The number of nitrogens with one attached hydrogen (secondary N) is 1. The molecule has 108 valence electrons. The van der Waals surface area contributed by atoms with Crippen molar-refractivity contribution in [2.75, 3.05) is 19.8 Å². The van der Waals surface area contributed by atoms with Crippen molar-refractivity contribution in [2.45, 2.75) is 0 Å². The van der Waals surface area contributed by atoms with Gasteiger partial charge in [-0.05, 0) is 18.2 Å². The third-order valence-electron chi connectivity index (χ3n) is 2.42. The van der Waals surface area contributed by atoms with E-state index in [-0.39, 0.29) is 22.5 Å². The molecule has 0 atom stereocenters. The van der Waals surface area contributed by atoms with Crippen LogP contribution in [0.15, 0.2) is 18.2 Å². The van der Waals surface area contributed by atoms with Gasteiger partial charge in [0.2, 0.25) is 5.95 Å². The molecule has 0 aliphatic carbocycles. The van der Waals surface area contributed by atoms with Crippen LogP contribution in [0.5, 0.6) is 0 Å². The molecule has 0 bridgehead atoms. The molecule has 1 aromatic heterocycles. The maximum absolute atomic E-state index is 12.2. The van der Waals surface area contributed by atoms with Crippen molar-refractivity contribution in [1.82, 2.24) is 18.8 Å². The number of carbonyl (C=O) groups is 1. The molecular weight excluding hydrogens is 286 g/mol. The van der Waals surface area contributed by atoms with Crippen molar-refractivity contribution >= 4 is 33.2 Å². The summed E-state index contributed by atoms with van der Waals surface area (Å²) in [5.41, 5.74) is 5.93. The van der Waals surface area contributed by atoms with E-state index in [0.29, 0.717) is 0 Å². The number of aromatic nitrogens is 2. The van der Waals surface area contributed by atoms with Gasteiger partial charge in [-0.2, -0.15) is 12.4 Å². The fourth-order valence-electron chi connectivity index (χ4n) is 1.73. The van der Waals surface area contributed by atoms with Gasteiger partial charge < -0.3 is 10.8 Å². The van der Waals surface area contributed by atoms with Crippen LogP contribution >= 0.6 is 0 Å². The molecule has 0 saturated heterocycles. The monoisotopic (exact) mass is 299 g/mol. The van der Waals surface area contributed by atoms with Gasteiger partial charge >= 0.3 is 16.2 Å². The molecule has 0 aliphatic heterocycles. The van der Waals surface area contributed by atoms with E-state index in [9.17, 15) is 13.2 Å². The lowest BCUT2D eigenvalue weighted by atomic mass is 10.2. The highest BCUT2D eigenvalue weighted by Gasteiger charge is 2.22. The summed E-state index contributed by atoms with van der Waals surface area (Å²) in [4.78, 5) is 17.1. The van der Waals surface area contributed by atoms with E-state index in [0.717, 1.165) is 3.97 Å². The van der Waals surface area contributed by atoms with E-state index in [1.807, 2.05) is 0 Å². The molecule has 0 spiro atoms. The summed E-state index contributed by atoms with van der Waals surface area (Å²) >= 11 is 0. The Morgan fingerprint density at radius 2 is 2.10 bits per heavy atom. The number of anilines is 1. The summed E-state index contributed by atoms with van der Waals surface area (Å²) in [5.74, 6) is -1.42. The van der Waals surface area contributed by atoms with Gasteiger partial charge in [-0.25, -0.2) is 14.8 Å². The quantitative estimate of drug-likeness (QED) is 0.647. The minimum Gasteiger partial charge on any atom is -0.478 e. The lowest BCUT2D eigenvalue weighted by Crippen LogP contribution is -2.40. The minimum atomic E-state index is -4.00. The summed E-state index contributed by atoms with van der Waals surface area (Å²) < 4.78 is 25.1. The molecule has 1 heterocycles. The third-order valence-corrected chi connectivity index (χ3v) is 3.88. The molecule has 0 fully saturated rings. The second-order valence-electron chi connectivity index (χ2n) is 4.23.